The maximum absolute atomic E-state index is 11.9. The molecule has 1 unspecified atom stereocenters. The van der Waals surface area contributed by atoms with Gasteiger partial charge in [-0.3, -0.25) is 9.59 Å². The van der Waals surface area contributed by atoms with Gasteiger partial charge in [-0.25, -0.2) is 0 Å². The van der Waals surface area contributed by atoms with E-state index in [2.05, 4.69) is 0 Å². The van der Waals surface area contributed by atoms with Crippen molar-refractivity contribution < 1.29 is 9.59 Å². The number of hydrogen-bond donors (Lipinski definition) is 0. The first-order chi connectivity index (χ1) is 7.56. The van der Waals surface area contributed by atoms with Crippen molar-refractivity contribution >= 4 is 23.3 Å². The van der Waals surface area contributed by atoms with Crippen LogP contribution in [0.1, 0.15) is 34.6 Å². The average molecular weight is 236 g/mol. The summed E-state index contributed by atoms with van der Waals surface area (Å²) in [5.41, 5.74) is 1.33. The molecule has 3 heteroatoms. The molecule has 0 heterocycles. The van der Waals surface area contributed by atoms with Gasteiger partial charge in [0.2, 0.25) is 0 Å². The van der Waals surface area contributed by atoms with Crippen LogP contribution in [0.15, 0.2) is 24.3 Å². The molecule has 0 bridgehead atoms. The minimum atomic E-state index is 0.0242. The van der Waals surface area contributed by atoms with E-state index in [-0.39, 0.29) is 17.5 Å². The monoisotopic (exact) mass is 236 g/mol. The molecule has 0 fully saturated rings. The fourth-order valence-electron chi connectivity index (χ4n) is 1.48. The molecule has 0 aliphatic rings. The van der Waals surface area contributed by atoms with Gasteiger partial charge in [-0.2, -0.15) is 11.8 Å². The lowest BCUT2D eigenvalue weighted by molar-refractivity contribution is 0.0940. The van der Waals surface area contributed by atoms with Gasteiger partial charge in [0.15, 0.2) is 11.6 Å². The second-order valence-electron chi connectivity index (χ2n) is 3.85. The van der Waals surface area contributed by atoms with Gasteiger partial charge in [0, 0.05) is 22.8 Å². The van der Waals surface area contributed by atoms with Gasteiger partial charge in [0.25, 0.3) is 0 Å². The molecule has 2 nitrogen and oxygen atoms in total. The molecule has 16 heavy (non-hydrogen) atoms. The smallest absolute Gasteiger partial charge is 0.166 e. The van der Waals surface area contributed by atoms with Crippen molar-refractivity contribution in [2.75, 3.05) is 12.0 Å². The summed E-state index contributed by atoms with van der Waals surface area (Å²) < 4.78 is 0. The Bertz CT molecular complexity index is 381. The fourth-order valence-corrected chi connectivity index (χ4v) is 2.13. The highest BCUT2D eigenvalue weighted by atomic mass is 32.2. The molecule has 1 atom stereocenters. The summed E-state index contributed by atoms with van der Waals surface area (Å²) in [6, 6.07) is 6.88. The number of Topliss-reactive ketones (excluding diaryl/α,β-unsaturated/α-hetero) is 2. The van der Waals surface area contributed by atoms with E-state index in [0.717, 1.165) is 5.75 Å². The molecule has 1 rings (SSSR count). The van der Waals surface area contributed by atoms with E-state index in [1.54, 1.807) is 36.0 Å². The van der Waals surface area contributed by atoms with Crippen molar-refractivity contribution in [3.63, 3.8) is 0 Å². The molecule has 0 radical (unpaired) electrons. The Balaban J connectivity index is 2.81. The largest absolute Gasteiger partial charge is 0.295 e. The van der Waals surface area contributed by atoms with Crippen molar-refractivity contribution in [1.82, 2.24) is 0 Å². The number of rotatable bonds is 5. The standard InChI is InChI=1S/C13H16O2S/c1-9(8-16-3)13(15)12-6-4-11(5-7-12)10(2)14/h4-7,9H,8H2,1-3H3. The Kier molecular flexibility index (Phi) is 4.74. The van der Waals surface area contributed by atoms with Crippen molar-refractivity contribution in [3.05, 3.63) is 35.4 Å². The molecule has 1 aromatic carbocycles. The predicted molar refractivity (Wildman–Crippen MR) is 68.3 cm³/mol. The molecule has 0 aliphatic heterocycles. The van der Waals surface area contributed by atoms with Gasteiger partial charge in [0.05, 0.1) is 0 Å². The van der Waals surface area contributed by atoms with Gasteiger partial charge in [0.1, 0.15) is 0 Å². The molecule has 0 saturated heterocycles. The van der Waals surface area contributed by atoms with Crippen LogP contribution in [-0.4, -0.2) is 23.6 Å². The Morgan fingerprint density at radius 1 is 1.19 bits per heavy atom. The lowest BCUT2D eigenvalue weighted by Crippen LogP contribution is -2.13. The van der Waals surface area contributed by atoms with Crippen molar-refractivity contribution in [2.24, 2.45) is 5.92 Å². The first kappa shape index (κ1) is 13.0. The van der Waals surface area contributed by atoms with E-state index in [1.807, 2.05) is 13.2 Å². The number of ketones is 2. The van der Waals surface area contributed by atoms with Gasteiger partial charge in [-0.1, -0.05) is 31.2 Å². The van der Waals surface area contributed by atoms with Crippen LogP contribution in [0, 0.1) is 5.92 Å². The third-order valence-corrected chi connectivity index (χ3v) is 3.27. The molecule has 1 aromatic rings. The molecule has 0 aliphatic carbocycles. The quantitative estimate of drug-likeness (QED) is 0.737. The number of thioether (sulfide) groups is 1. The first-order valence-electron chi connectivity index (χ1n) is 5.20. The fraction of sp³-hybridized carbons (Fsp3) is 0.385. The number of benzene rings is 1. The Hall–Kier alpha value is -1.09. The predicted octanol–water partition coefficient (Wildman–Crippen LogP) is 3.07. The van der Waals surface area contributed by atoms with E-state index in [4.69, 9.17) is 0 Å². The van der Waals surface area contributed by atoms with Gasteiger partial charge in [-0.15, -0.1) is 0 Å². The maximum Gasteiger partial charge on any atom is 0.166 e. The number of hydrogen-bond acceptors (Lipinski definition) is 3. The summed E-state index contributed by atoms with van der Waals surface area (Å²) in [7, 11) is 0. The summed E-state index contributed by atoms with van der Waals surface area (Å²) in [5.74, 6) is 1.02. The molecule has 0 spiro atoms. The topological polar surface area (TPSA) is 34.1 Å². The van der Waals surface area contributed by atoms with Crippen LogP contribution >= 0.6 is 11.8 Å². The van der Waals surface area contributed by atoms with Crippen LogP contribution in [0.4, 0.5) is 0 Å². The third kappa shape index (κ3) is 3.20. The molecule has 0 aromatic heterocycles. The van der Waals surface area contributed by atoms with Gasteiger partial charge >= 0.3 is 0 Å². The zero-order chi connectivity index (χ0) is 12.1. The second kappa shape index (κ2) is 5.85. The number of carbonyl (C=O) groups excluding carboxylic acids is 2. The summed E-state index contributed by atoms with van der Waals surface area (Å²) in [6.07, 6.45) is 1.99. The first-order valence-corrected chi connectivity index (χ1v) is 6.59. The van der Waals surface area contributed by atoms with Crippen molar-refractivity contribution in [3.8, 4) is 0 Å². The highest BCUT2D eigenvalue weighted by Gasteiger charge is 2.14. The summed E-state index contributed by atoms with van der Waals surface area (Å²) in [5, 5.41) is 0. The molecular weight excluding hydrogens is 220 g/mol. The lowest BCUT2D eigenvalue weighted by atomic mass is 9.99. The number of carbonyl (C=O) groups is 2. The van der Waals surface area contributed by atoms with Crippen molar-refractivity contribution in [1.29, 1.82) is 0 Å². The molecule has 0 amide bonds. The zero-order valence-corrected chi connectivity index (χ0v) is 10.6. The van der Waals surface area contributed by atoms with Crippen LogP contribution in [-0.2, 0) is 0 Å². The van der Waals surface area contributed by atoms with E-state index in [0.29, 0.717) is 11.1 Å². The van der Waals surface area contributed by atoms with Crippen molar-refractivity contribution in [2.45, 2.75) is 13.8 Å². The highest BCUT2D eigenvalue weighted by molar-refractivity contribution is 7.98. The van der Waals surface area contributed by atoms with Crippen LogP contribution in [0.3, 0.4) is 0 Å². The average Bonchev–Trinajstić information content (AvgIpc) is 2.28. The molecule has 86 valence electrons. The third-order valence-electron chi connectivity index (χ3n) is 2.44. The zero-order valence-electron chi connectivity index (χ0n) is 9.82. The van der Waals surface area contributed by atoms with E-state index < -0.39 is 0 Å². The highest BCUT2D eigenvalue weighted by Crippen LogP contribution is 2.14. The Morgan fingerprint density at radius 2 is 1.69 bits per heavy atom. The Morgan fingerprint density at radius 3 is 2.12 bits per heavy atom. The van der Waals surface area contributed by atoms with Gasteiger partial charge in [-0.05, 0) is 13.2 Å². The van der Waals surface area contributed by atoms with E-state index >= 15 is 0 Å². The van der Waals surface area contributed by atoms with Gasteiger partial charge < -0.3 is 0 Å². The van der Waals surface area contributed by atoms with Crippen LogP contribution in [0.5, 0.6) is 0 Å². The van der Waals surface area contributed by atoms with Crippen LogP contribution in [0.2, 0.25) is 0 Å². The normalized spacial score (nSPS) is 12.2. The lowest BCUT2D eigenvalue weighted by Gasteiger charge is -2.08. The Labute approximate surface area is 100 Å². The van der Waals surface area contributed by atoms with E-state index in [1.165, 1.54) is 6.92 Å². The second-order valence-corrected chi connectivity index (χ2v) is 4.76. The molecule has 0 saturated carbocycles. The minimum absolute atomic E-state index is 0.0242. The minimum Gasteiger partial charge on any atom is -0.295 e. The van der Waals surface area contributed by atoms with Crippen LogP contribution in [0.25, 0.3) is 0 Å². The summed E-state index contributed by atoms with van der Waals surface area (Å²) in [6.45, 7) is 3.45. The summed E-state index contributed by atoms with van der Waals surface area (Å²) in [4.78, 5) is 23.0. The maximum atomic E-state index is 11.9. The molecular formula is C13H16O2S. The van der Waals surface area contributed by atoms with E-state index in [9.17, 15) is 9.59 Å². The molecule has 0 N–H and O–H groups in total. The summed E-state index contributed by atoms with van der Waals surface area (Å²) >= 11 is 1.67. The SMILES string of the molecule is CSCC(C)C(=O)c1ccc(C(C)=O)cc1. The van der Waals surface area contributed by atoms with Crippen LogP contribution < -0.4 is 0 Å².